The Kier molecular flexibility index (Phi) is 6.21. The second-order valence-corrected chi connectivity index (χ2v) is 6.09. The fourth-order valence-corrected chi connectivity index (χ4v) is 2.81. The molecule has 5 nitrogen and oxygen atoms in total. The number of ether oxygens (including phenoxy) is 1. The van der Waals surface area contributed by atoms with Crippen molar-refractivity contribution in [1.82, 2.24) is 15.1 Å². The van der Waals surface area contributed by atoms with Gasteiger partial charge in [0.15, 0.2) is 0 Å². The first-order valence-electron chi connectivity index (χ1n) is 7.87. The van der Waals surface area contributed by atoms with Crippen LogP contribution in [-0.4, -0.2) is 69.1 Å². The number of nitrogens with one attached hydrogen (secondary N) is 1. The second-order valence-electron chi connectivity index (χ2n) is 6.09. The van der Waals surface area contributed by atoms with E-state index in [-0.39, 0.29) is 5.91 Å². The number of benzene rings is 1. The van der Waals surface area contributed by atoms with Crippen molar-refractivity contribution in [1.29, 1.82) is 0 Å². The first-order valence-corrected chi connectivity index (χ1v) is 7.87. The highest BCUT2D eigenvalue weighted by molar-refractivity contribution is 5.78. The van der Waals surface area contributed by atoms with Crippen molar-refractivity contribution in [3.8, 4) is 5.75 Å². The zero-order valence-electron chi connectivity index (χ0n) is 13.8. The average Bonchev–Trinajstić information content (AvgIpc) is 2.96. The lowest BCUT2D eigenvalue weighted by Crippen LogP contribution is -2.38. The lowest BCUT2D eigenvalue weighted by molar-refractivity contribution is -0.122. The molecule has 1 aromatic carbocycles. The highest BCUT2D eigenvalue weighted by Gasteiger charge is 2.24. The first kappa shape index (κ1) is 16.8. The number of likely N-dealkylation sites (tertiary alicyclic amines) is 1. The summed E-state index contributed by atoms with van der Waals surface area (Å²) in [6.45, 7) is 3.15. The number of hydrogen-bond donors (Lipinski definition) is 1. The fraction of sp³-hybridized carbons (Fsp3) is 0.588. The van der Waals surface area contributed by atoms with Gasteiger partial charge in [-0.2, -0.15) is 0 Å². The van der Waals surface area contributed by atoms with E-state index in [4.69, 9.17) is 4.74 Å². The van der Waals surface area contributed by atoms with Crippen LogP contribution in [0.5, 0.6) is 5.75 Å². The number of amides is 1. The summed E-state index contributed by atoms with van der Waals surface area (Å²) in [5.74, 6) is 0.970. The van der Waals surface area contributed by atoms with E-state index in [1.165, 1.54) is 5.56 Å². The van der Waals surface area contributed by atoms with E-state index in [9.17, 15) is 4.79 Å². The van der Waals surface area contributed by atoms with Gasteiger partial charge in [0.05, 0.1) is 13.7 Å². The Balaban J connectivity index is 1.68. The van der Waals surface area contributed by atoms with Crippen LogP contribution < -0.4 is 10.1 Å². The van der Waals surface area contributed by atoms with Crippen LogP contribution in [-0.2, 0) is 11.2 Å². The topological polar surface area (TPSA) is 44.8 Å². The summed E-state index contributed by atoms with van der Waals surface area (Å²) in [7, 11) is 5.86. The molecule has 1 N–H and O–H groups in total. The standard InChI is InChI=1S/C17H27N3O2/c1-19(2)15-8-10-20(12-15)13-17(21)18-9-7-14-5-4-6-16(11-14)22-3/h4-6,11,15H,7-10,12-13H2,1-3H3,(H,18,21)/t15-/m0/s1. The molecule has 2 rings (SSSR count). The SMILES string of the molecule is COc1cccc(CCNC(=O)CN2CC[C@H](N(C)C)C2)c1. The minimum absolute atomic E-state index is 0.113. The third kappa shape index (κ3) is 5.00. The molecular formula is C17H27N3O2. The minimum Gasteiger partial charge on any atom is -0.497 e. The van der Waals surface area contributed by atoms with Crippen molar-refractivity contribution in [3.63, 3.8) is 0 Å². The summed E-state index contributed by atoms with van der Waals surface area (Å²) >= 11 is 0. The summed E-state index contributed by atoms with van der Waals surface area (Å²) in [6.07, 6.45) is 1.97. The monoisotopic (exact) mass is 305 g/mol. The molecule has 5 heteroatoms. The van der Waals surface area contributed by atoms with Gasteiger partial charge < -0.3 is 15.0 Å². The number of nitrogens with zero attached hydrogens (tertiary/aromatic N) is 2. The van der Waals surface area contributed by atoms with Gasteiger partial charge in [-0.25, -0.2) is 0 Å². The van der Waals surface area contributed by atoms with Gasteiger partial charge in [0.1, 0.15) is 5.75 Å². The van der Waals surface area contributed by atoms with Crippen LogP contribution in [0.1, 0.15) is 12.0 Å². The van der Waals surface area contributed by atoms with Gasteiger partial charge in [0.25, 0.3) is 0 Å². The molecule has 0 bridgehead atoms. The van der Waals surface area contributed by atoms with Gasteiger partial charge in [-0.3, -0.25) is 9.69 Å². The van der Waals surface area contributed by atoms with Gasteiger partial charge in [0, 0.05) is 25.7 Å². The van der Waals surface area contributed by atoms with Gasteiger partial charge in [-0.15, -0.1) is 0 Å². The van der Waals surface area contributed by atoms with Crippen molar-refractivity contribution < 1.29 is 9.53 Å². The first-order chi connectivity index (χ1) is 10.6. The molecular weight excluding hydrogens is 278 g/mol. The maximum atomic E-state index is 12.0. The molecule has 0 aliphatic carbocycles. The van der Waals surface area contributed by atoms with Gasteiger partial charge in [-0.1, -0.05) is 12.1 Å². The maximum absolute atomic E-state index is 12.0. The number of hydrogen-bond acceptors (Lipinski definition) is 4. The predicted molar refractivity (Wildman–Crippen MR) is 88.2 cm³/mol. The van der Waals surface area contributed by atoms with Crippen LogP contribution in [0.2, 0.25) is 0 Å². The molecule has 1 amide bonds. The van der Waals surface area contributed by atoms with E-state index in [1.54, 1.807) is 7.11 Å². The fourth-order valence-electron chi connectivity index (χ4n) is 2.81. The predicted octanol–water partition coefficient (Wildman–Crippen LogP) is 0.990. The molecule has 0 radical (unpaired) electrons. The maximum Gasteiger partial charge on any atom is 0.234 e. The normalized spacial score (nSPS) is 18.6. The molecule has 1 fully saturated rings. The van der Waals surface area contributed by atoms with Gasteiger partial charge in [0.2, 0.25) is 5.91 Å². The van der Waals surface area contributed by atoms with Gasteiger partial charge >= 0.3 is 0 Å². The Bertz CT molecular complexity index is 491. The van der Waals surface area contributed by atoms with E-state index in [0.29, 0.717) is 19.1 Å². The molecule has 1 heterocycles. The lowest BCUT2D eigenvalue weighted by Gasteiger charge is -2.20. The van der Waals surface area contributed by atoms with Crippen LogP contribution in [0.3, 0.4) is 0 Å². The zero-order valence-corrected chi connectivity index (χ0v) is 13.8. The summed E-state index contributed by atoms with van der Waals surface area (Å²) in [6, 6.07) is 8.54. The minimum atomic E-state index is 0.113. The van der Waals surface area contributed by atoms with Gasteiger partial charge in [-0.05, 0) is 44.6 Å². The molecule has 1 aliphatic heterocycles. The molecule has 122 valence electrons. The van der Waals surface area contributed by atoms with Crippen molar-refractivity contribution in [2.24, 2.45) is 0 Å². The number of carbonyl (C=O) groups excluding carboxylic acids is 1. The van der Waals surface area contributed by atoms with E-state index in [2.05, 4.69) is 35.3 Å². The Morgan fingerprint density at radius 3 is 2.95 bits per heavy atom. The van der Waals surface area contributed by atoms with Crippen molar-refractivity contribution >= 4 is 5.91 Å². The summed E-state index contributed by atoms with van der Waals surface area (Å²) in [5, 5.41) is 3.00. The average molecular weight is 305 g/mol. The third-order valence-electron chi connectivity index (χ3n) is 4.22. The van der Waals surface area contributed by atoms with E-state index < -0.39 is 0 Å². The van der Waals surface area contributed by atoms with Crippen LogP contribution in [0.25, 0.3) is 0 Å². The summed E-state index contributed by atoms with van der Waals surface area (Å²) in [5.41, 5.74) is 1.17. The van der Waals surface area contributed by atoms with E-state index in [0.717, 1.165) is 31.7 Å². The molecule has 0 aromatic heterocycles. The Labute approximate surface area is 133 Å². The highest BCUT2D eigenvalue weighted by Crippen LogP contribution is 2.13. The molecule has 0 spiro atoms. The Morgan fingerprint density at radius 1 is 1.45 bits per heavy atom. The van der Waals surface area contributed by atoms with Crippen LogP contribution in [0.4, 0.5) is 0 Å². The number of likely N-dealkylation sites (N-methyl/N-ethyl adjacent to an activating group) is 1. The Hall–Kier alpha value is -1.59. The van der Waals surface area contributed by atoms with Crippen molar-refractivity contribution in [2.75, 3.05) is 47.4 Å². The molecule has 1 aromatic rings. The Morgan fingerprint density at radius 2 is 2.27 bits per heavy atom. The molecule has 1 atom stereocenters. The van der Waals surface area contributed by atoms with Crippen LogP contribution in [0.15, 0.2) is 24.3 Å². The molecule has 0 unspecified atom stereocenters. The van der Waals surface area contributed by atoms with Crippen LogP contribution in [0, 0.1) is 0 Å². The highest BCUT2D eigenvalue weighted by atomic mass is 16.5. The summed E-state index contributed by atoms with van der Waals surface area (Å²) < 4.78 is 5.20. The van der Waals surface area contributed by atoms with Crippen molar-refractivity contribution in [2.45, 2.75) is 18.9 Å². The largest absolute Gasteiger partial charge is 0.497 e. The number of rotatable bonds is 7. The smallest absolute Gasteiger partial charge is 0.234 e. The van der Waals surface area contributed by atoms with E-state index >= 15 is 0 Å². The van der Waals surface area contributed by atoms with Crippen molar-refractivity contribution in [3.05, 3.63) is 29.8 Å². The quantitative estimate of drug-likeness (QED) is 0.816. The number of methoxy groups -OCH3 is 1. The molecule has 0 saturated carbocycles. The van der Waals surface area contributed by atoms with E-state index in [1.807, 2.05) is 18.2 Å². The molecule has 1 saturated heterocycles. The number of carbonyl (C=O) groups is 1. The molecule has 1 aliphatic rings. The van der Waals surface area contributed by atoms with Crippen LogP contribution >= 0.6 is 0 Å². The second kappa shape index (κ2) is 8.15. The lowest BCUT2D eigenvalue weighted by atomic mass is 10.1. The summed E-state index contributed by atoms with van der Waals surface area (Å²) in [4.78, 5) is 16.5. The molecule has 22 heavy (non-hydrogen) atoms. The third-order valence-corrected chi connectivity index (χ3v) is 4.22. The zero-order chi connectivity index (χ0) is 15.9.